The molecule has 1 aromatic heterocycles. The zero-order valence-corrected chi connectivity index (χ0v) is 29.5. The zero-order valence-electron chi connectivity index (χ0n) is 28.7. The maximum absolute atomic E-state index is 10.6. The molecule has 5 aromatic carbocycles. The van der Waals surface area contributed by atoms with Crippen LogP contribution in [0.1, 0.15) is 83.6 Å². The van der Waals surface area contributed by atoms with Gasteiger partial charge in [-0.25, -0.2) is 4.98 Å². The van der Waals surface area contributed by atoms with Crippen LogP contribution in [0.5, 0.6) is 5.75 Å². The number of para-hydroxylation sites is 1. The average Bonchev–Trinajstić information content (AvgIpc) is 3.47. The molecule has 0 atom stereocenters. The molecular weight excluding hydrogens is 593 g/mol. The summed E-state index contributed by atoms with van der Waals surface area (Å²) in [6, 6.07) is 36.2. The summed E-state index contributed by atoms with van der Waals surface area (Å²) in [6.45, 7) is 17.8. The Kier molecular flexibility index (Phi) is 8.67. The summed E-state index contributed by atoms with van der Waals surface area (Å²) in [7, 11) is 0. The minimum absolute atomic E-state index is 0.0257. The molecule has 0 fully saturated rings. The smallest absolute Gasteiger partial charge is 0.126 e. The molecule has 0 aliphatic rings. The third-order valence-corrected chi connectivity index (χ3v) is 9.83. The van der Waals surface area contributed by atoms with Crippen LogP contribution in [0.15, 0.2) is 108 Å². The monoisotopic (exact) mass is 636 g/mol. The van der Waals surface area contributed by atoms with Gasteiger partial charge >= 0.3 is 0 Å². The standard InChI is InChI=1S/C43H44N2OS/c1-27(2)28-13-11-14-29(21-28)30-15-12-16-31(22-30)36-24-34(43(6,7)8)25-39-40(36)45-41(47-39)35-17-9-10-18-37(35)44-26-32-23-33(42(3,4)5)19-20-38(32)46/h9-27,46H,1-8H3. The van der Waals surface area contributed by atoms with Gasteiger partial charge < -0.3 is 5.11 Å². The molecule has 0 bridgehead atoms. The van der Waals surface area contributed by atoms with E-state index in [0.717, 1.165) is 43.2 Å². The highest BCUT2D eigenvalue weighted by Gasteiger charge is 2.21. The van der Waals surface area contributed by atoms with E-state index < -0.39 is 0 Å². The molecule has 0 radical (unpaired) electrons. The molecule has 0 aliphatic carbocycles. The van der Waals surface area contributed by atoms with Crippen LogP contribution in [0.25, 0.3) is 43.0 Å². The number of aromatic hydroxyl groups is 1. The van der Waals surface area contributed by atoms with Gasteiger partial charge in [0.15, 0.2) is 0 Å². The van der Waals surface area contributed by atoms with E-state index in [9.17, 15) is 5.11 Å². The molecule has 3 nitrogen and oxygen atoms in total. The second-order valence-corrected chi connectivity index (χ2v) is 15.8. The summed E-state index contributed by atoms with van der Waals surface area (Å²) in [5.74, 6) is 0.693. The van der Waals surface area contributed by atoms with Gasteiger partial charge in [0.05, 0.1) is 15.9 Å². The highest BCUT2D eigenvalue weighted by Crippen LogP contribution is 2.42. The number of phenolic OH excluding ortho intramolecular Hbond substituents is 1. The van der Waals surface area contributed by atoms with Crippen LogP contribution in [0.2, 0.25) is 0 Å². The average molecular weight is 637 g/mol. The van der Waals surface area contributed by atoms with Crippen molar-refractivity contribution in [3.05, 3.63) is 125 Å². The zero-order chi connectivity index (χ0) is 33.5. The van der Waals surface area contributed by atoms with Crippen LogP contribution >= 0.6 is 11.3 Å². The minimum atomic E-state index is -0.0313. The van der Waals surface area contributed by atoms with E-state index in [1.165, 1.54) is 22.3 Å². The van der Waals surface area contributed by atoms with Crippen molar-refractivity contribution in [2.45, 2.75) is 72.1 Å². The van der Waals surface area contributed by atoms with Crippen LogP contribution in [0, 0.1) is 0 Å². The molecule has 0 unspecified atom stereocenters. The van der Waals surface area contributed by atoms with Gasteiger partial charge in [0, 0.05) is 22.9 Å². The molecule has 1 N–H and O–H groups in total. The molecule has 0 spiro atoms. The molecule has 6 rings (SSSR count). The number of fused-ring (bicyclic) bond motifs is 1. The summed E-state index contributed by atoms with van der Waals surface area (Å²) >= 11 is 1.71. The molecule has 0 saturated heterocycles. The first-order valence-electron chi connectivity index (χ1n) is 16.4. The van der Waals surface area contributed by atoms with E-state index in [2.05, 4.69) is 122 Å². The van der Waals surface area contributed by atoms with Gasteiger partial charge in [0.1, 0.15) is 10.8 Å². The van der Waals surface area contributed by atoms with Crippen LogP contribution in [0.4, 0.5) is 5.69 Å². The number of hydrogen-bond acceptors (Lipinski definition) is 4. The Labute approximate surface area is 283 Å². The Morgan fingerprint density at radius 1 is 0.681 bits per heavy atom. The van der Waals surface area contributed by atoms with Gasteiger partial charge in [-0.15, -0.1) is 11.3 Å². The lowest BCUT2D eigenvalue weighted by Gasteiger charge is -2.20. The summed E-state index contributed by atoms with van der Waals surface area (Å²) in [6.07, 6.45) is 1.76. The fourth-order valence-electron chi connectivity index (χ4n) is 5.77. The van der Waals surface area contributed by atoms with E-state index in [1.54, 1.807) is 23.6 Å². The van der Waals surface area contributed by atoms with Gasteiger partial charge in [-0.3, -0.25) is 4.99 Å². The summed E-state index contributed by atoms with van der Waals surface area (Å²) in [5, 5.41) is 11.5. The number of rotatable bonds is 6. The lowest BCUT2D eigenvalue weighted by Crippen LogP contribution is -2.11. The maximum atomic E-state index is 10.6. The molecule has 0 saturated carbocycles. The molecule has 0 aliphatic heterocycles. The van der Waals surface area contributed by atoms with Crippen LogP contribution in [-0.2, 0) is 10.8 Å². The van der Waals surface area contributed by atoms with Crippen molar-refractivity contribution in [1.29, 1.82) is 0 Å². The fourth-order valence-corrected chi connectivity index (χ4v) is 6.84. The number of aliphatic imine (C=N–C) groups is 1. The van der Waals surface area contributed by atoms with E-state index >= 15 is 0 Å². The summed E-state index contributed by atoms with van der Waals surface area (Å²) in [5.41, 5.74) is 11.9. The van der Waals surface area contributed by atoms with Gasteiger partial charge in [0.25, 0.3) is 0 Å². The topological polar surface area (TPSA) is 45.5 Å². The second kappa shape index (κ2) is 12.6. The maximum Gasteiger partial charge on any atom is 0.126 e. The Bertz CT molecular complexity index is 2100. The number of nitrogens with zero attached hydrogens (tertiary/aromatic N) is 2. The van der Waals surface area contributed by atoms with Crippen LogP contribution in [0.3, 0.4) is 0 Å². The second-order valence-electron chi connectivity index (χ2n) is 14.8. The van der Waals surface area contributed by atoms with Crippen molar-refractivity contribution >= 4 is 33.5 Å². The SMILES string of the molecule is CC(C)c1cccc(-c2cccc(-c3cc(C(C)(C)C)cc4sc(-c5ccccc5N=Cc5cc(C(C)(C)C)ccc5O)nc34)c2)c1. The van der Waals surface area contributed by atoms with E-state index in [4.69, 9.17) is 9.98 Å². The number of phenols is 1. The highest BCUT2D eigenvalue weighted by molar-refractivity contribution is 7.21. The van der Waals surface area contributed by atoms with Crippen LogP contribution in [-0.4, -0.2) is 16.3 Å². The van der Waals surface area contributed by atoms with Crippen molar-refractivity contribution < 1.29 is 5.11 Å². The third kappa shape index (κ3) is 6.94. The highest BCUT2D eigenvalue weighted by atomic mass is 32.1. The first-order valence-corrected chi connectivity index (χ1v) is 17.2. The summed E-state index contributed by atoms with van der Waals surface area (Å²) < 4.78 is 1.16. The predicted molar refractivity (Wildman–Crippen MR) is 203 cm³/mol. The first kappa shape index (κ1) is 32.4. The molecule has 6 aromatic rings. The fraction of sp³-hybridized carbons (Fsp3) is 0.256. The third-order valence-electron chi connectivity index (χ3n) is 8.79. The molecule has 4 heteroatoms. The molecule has 238 valence electrons. The number of benzene rings is 5. The Hall–Kier alpha value is -4.54. The number of aromatic nitrogens is 1. The summed E-state index contributed by atoms with van der Waals surface area (Å²) in [4.78, 5) is 10.2. The van der Waals surface area contributed by atoms with E-state index in [1.807, 2.05) is 30.3 Å². The van der Waals surface area contributed by atoms with Crippen molar-refractivity contribution in [3.8, 4) is 38.6 Å². The Morgan fingerprint density at radius 3 is 2.09 bits per heavy atom. The van der Waals surface area contributed by atoms with Gasteiger partial charge in [-0.05, 0) is 92.6 Å². The van der Waals surface area contributed by atoms with Crippen molar-refractivity contribution in [2.75, 3.05) is 0 Å². The van der Waals surface area contributed by atoms with Crippen molar-refractivity contribution in [2.24, 2.45) is 4.99 Å². The lowest BCUT2D eigenvalue weighted by molar-refractivity contribution is 0.473. The number of thiazole rings is 1. The minimum Gasteiger partial charge on any atom is -0.507 e. The lowest BCUT2D eigenvalue weighted by atomic mass is 9.85. The largest absolute Gasteiger partial charge is 0.507 e. The normalized spacial score (nSPS) is 12.4. The Balaban J connectivity index is 1.46. The van der Waals surface area contributed by atoms with Gasteiger partial charge in [0.2, 0.25) is 0 Å². The predicted octanol–water partition coefficient (Wildman–Crippen LogP) is 12.5. The quantitative estimate of drug-likeness (QED) is 0.185. The molecule has 47 heavy (non-hydrogen) atoms. The van der Waals surface area contributed by atoms with E-state index in [0.29, 0.717) is 11.5 Å². The Morgan fingerprint density at radius 2 is 1.36 bits per heavy atom. The number of hydrogen-bond donors (Lipinski definition) is 1. The van der Waals surface area contributed by atoms with Gasteiger partial charge in [-0.2, -0.15) is 0 Å². The van der Waals surface area contributed by atoms with Gasteiger partial charge in [-0.1, -0.05) is 116 Å². The molecule has 0 amide bonds. The van der Waals surface area contributed by atoms with Crippen LogP contribution < -0.4 is 0 Å². The first-order chi connectivity index (χ1) is 22.3. The molecular formula is C43H44N2OS. The van der Waals surface area contributed by atoms with E-state index in [-0.39, 0.29) is 16.6 Å². The van der Waals surface area contributed by atoms with Crippen molar-refractivity contribution in [3.63, 3.8) is 0 Å². The molecule has 1 heterocycles. The van der Waals surface area contributed by atoms with Crippen molar-refractivity contribution in [1.82, 2.24) is 4.98 Å².